The van der Waals surface area contributed by atoms with Crippen LogP contribution in [0.2, 0.25) is 0 Å². The summed E-state index contributed by atoms with van der Waals surface area (Å²) in [6.07, 6.45) is 4.62. The Morgan fingerprint density at radius 2 is 2.07 bits per heavy atom. The molecule has 1 aliphatic heterocycles. The highest BCUT2D eigenvalue weighted by molar-refractivity contribution is 5.75. The summed E-state index contributed by atoms with van der Waals surface area (Å²) in [5.41, 5.74) is 0. The summed E-state index contributed by atoms with van der Waals surface area (Å²) in [5, 5.41) is 6.26. The van der Waals surface area contributed by atoms with Crippen molar-refractivity contribution < 1.29 is 4.79 Å². The quantitative estimate of drug-likeness (QED) is 0.678. The van der Waals surface area contributed by atoms with Crippen molar-refractivity contribution in [3.8, 4) is 0 Å². The number of nitrogens with one attached hydrogen (secondary N) is 2. The Morgan fingerprint density at radius 1 is 1.29 bits per heavy atom. The molecule has 80 valence electrons. The minimum absolute atomic E-state index is 0.132. The fourth-order valence-corrected chi connectivity index (χ4v) is 1.89. The van der Waals surface area contributed by atoms with Crippen LogP contribution in [-0.4, -0.2) is 43.2 Å². The molecule has 0 bridgehead atoms. The molecule has 0 aromatic carbocycles. The lowest BCUT2D eigenvalue weighted by atomic mass is 10.1. The van der Waals surface area contributed by atoms with Crippen LogP contribution in [0.4, 0.5) is 4.79 Å². The van der Waals surface area contributed by atoms with Gasteiger partial charge in [-0.25, -0.2) is 4.79 Å². The van der Waals surface area contributed by atoms with Crippen molar-refractivity contribution in [1.82, 2.24) is 15.5 Å². The summed E-state index contributed by atoms with van der Waals surface area (Å²) in [5.74, 6) is 0. The average molecular weight is 197 g/mol. The van der Waals surface area contributed by atoms with Gasteiger partial charge < -0.3 is 15.5 Å². The highest BCUT2D eigenvalue weighted by Gasteiger charge is 2.28. The maximum atomic E-state index is 11.7. The largest absolute Gasteiger partial charge is 0.335 e. The van der Waals surface area contributed by atoms with Gasteiger partial charge in [0.25, 0.3) is 0 Å². The van der Waals surface area contributed by atoms with E-state index in [1.54, 1.807) is 0 Å². The molecule has 14 heavy (non-hydrogen) atoms. The van der Waals surface area contributed by atoms with Crippen molar-refractivity contribution in [2.45, 2.75) is 37.8 Å². The van der Waals surface area contributed by atoms with Gasteiger partial charge in [-0.2, -0.15) is 0 Å². The molecule has 2 amide bonds. The van der Waals surface area contributed by atoms with Gasteiger partial charge in [0.05, 0.1) is 0 Å². The van der Waals surface area contributed by atoms with Crippen LogP contribution in [0.25, 0.3) is 0 Å². The first kappa shape index (κ1) is 9.77. The lowest BCUT2D eigenvalue weighted by molar-refractivity contribution is 0.174. The fourth-order valence-electron chi connectivity index (χ4n) is 1.89. The number of piperidine rings is 1. The van der Waals surface area contributed by atoms with Crippen LogP contribution in [-0.2, 0) is 0 Å². The summed E-state index contributed by atoms with van der Waals surface area (Å²) < 4.78 is 0. The molecule has 4 heteroatoms. The van der Waals surface area contributed by atoms with Crippen LogP contribution < -0.4 is 10.6 Å². The Labute approximate surface area is 85.0 Å². The molecule has 0 radical (unpaired) electrons. The van der Waals surface area contributed by atoms with Crippen molar-refractivity contribution in [3.05, 3.63) is 0 Å². The number of rotatable bonds is 2. The molecule has 0 spiro atoms. The summed E-state index contributed by atoms with van der Waals surface area (Å²) in [6, 6.07) is 1.08. The van der Waals surface area contributed by atoms with Crippen LogP contribution in [0.1, 0.15) is 25.7 Å². The molecule has 2 N–H and O–H groups in total. The molecule has 0 unspecified atom stereocenters. The van der Waals surface area contributed by atoms with E-state index in [9.17, 15) is 4.79 Å². The molecule has 1 saturated heterocycles. The topological polar surface area (TPSA) is 44.4 Å². The Morgan fingerprint density at radius 3 is 2.71 bits per heavy atom. The standard InChI is InChI=1S/C10H19N3O/c1-11-9-3-2-6-13(7-9)10(14)12-8-4-5-8/h8-9,11H,2-7H2,1H3,(H,12,14)/t9-/m0/s1. The van der Waals surface area contributed by atoms with Gasteiger partial charge in [0.15, 0.2) is 0 Å². The molecule has 0 aromatic rings. The molecular weight excluding hydrogens is 178 g/mol. The second-order valence-electron chi connectivity index (χ2n) is 4.30. The van der Waals surface area contributed by atoms with Crippen molar-refractivity contribution >= 4 is 6.03 Å². The number of urea groups is 1. The molecule has 0 aromatic heterocycles. The molecule has 2 fully saturated rings. The van der Waals surface area contributed by atoms with Crippen LogP contribution in [0.5, 0.6) is 0 Å². The smallest absolute Gasteiger partial charge is 0.317 e. The molecule has 1 heterocycles. The van der Waals surface area contributed by atoms with Crippen LogP contribution in [0.3, 0.4) is 0 Å². The molecule has 2 rings (SSSR count). The van der Waals surface area contributed by atoms with Crippen LogP contribution >= 0.6 is 0 Å². The van der Waals surface area contributed by atoms with E-state index in [0.717, 1.165) is 32.4 Å². The average Bonchev–Trinajstić information content (AvgIpc) is 3.02. The summed E-state index contributed by atoms with van der Waals surface area (Å²) in [4.78, 5) is 13.6. The predicted octanol–water partition coefficient (Wildman–Crippen LogP) is 0.542. The van der Waals surface area contributed by atoms with Gasteiger partial charge in [-0.3, -0.25) is 0 Å². The summed E-state index contributed by atoms with van der Waals surface area (Å²) >= 11 is 0. The Balaban J connectivity index is 1.79. The molecule has 1 atom stereocenters. The summed E-state index contributed by atoms with van der Waals surface area (Å²) in [7, 11) is 1.97. The lowest BCUT2D eigenvalue weighted by Gasteiger charge is -2.32. The normalized spacial score (nSPS) is 27.5. The highest BCUT2D eigenvalue weighted by Crippen LogP contribution is 2.19. The predicted molar refractivity (Wildman–Crippen MR) is 55.2 cm³/mol. The maximum absolute atomic E-state index is 11.7. The summed E-state index contributed by atoms with van der Waals surface area (Å²) in [6.45, 7) is 1.77. The third kappa shape index (κ3) is 2.38. The van der Waals surface area contributed by atoms with E-state index in [-0.39, 0.29) is 6.03 Å². The molecule has 2 aliphatic rings. The zero-order valence-electron chi connectivity index (χ0n) is 8.75. The minimum atomic E-state index is 0.132. The number of carbonyl (C=O) groups is 1. The Hall–Kier alpha value is -0.770. The number of likely N-dealkylation sites (N-methyl/N-ethyl adjacent to an activating group) is 1. The fraction of sp³-hybridized carbons (Fsp3) is 0.900. The van der Waals surface area contributed by atoms with Gasteiger partial charge in [-0.05, 0) is 32.7 Å². The van der Waals surface area contributed by atoms with Gasteiger partial charge >= 0.3 is 6.03 Å². The molecule has 4 nitrogen and oxygen atoms in total. The van der Waals surface area contributed by atoms with Gasteiger partial charge in [0.2, 0.25) is 0 Å². The third-order valence-electron chi connectivity index (χ3n) is 3.02. The van der Waals surface area contributed by atoms with Crippen LogP contribution in [0, 0.1) is 0 Å². The van der Waals surface area contributed by atoms with Crippen LogP contribution in [0.15, 0.2) is 0 Å². The van der Waals surface area contributed by atoms with E-state index in [2.05, 4.69) is 10.6 Å². The van der Waals surface area contributed by atoms with E-state index >= 15 is 0 Å². The van der Waals surface area contributed by atoms with Crippen molar-refractivity contribution in [1.29, 1.82) is 0 Å². The molecule has 1 saturated carbocycles. The van der Waals surface area contributed by atoms with Crippen molar-refractivity contribution in [2.75, 3.05) is 20.1 Å². The number of hydrogen-bond acceptors (Lipinski definition) is 2. The van der Waals surface area contributed by atoms with E-state index in [1.807, 2.05) is 11.9 Å². The first-order valence-electron chi connectivity index (χ1n) is 5.52. The zero-order chi connectivity index (χ0) is 9.97. The van der Waals surface area contributed by atoms with E-state index in [4.69, 9.17) is 0 Å². The second kappa shape index (κ2) is 4.17. The number of amides is 2. The number of nitrogens with zero attached hydrogens (tertiary/aromatic N) is 1. The van der Waals surface area contributed by atoms with E-state index in [1.165, 1.54) is 6.42 Å². The van der Waals surface area contributed by atoms with Crippen molar-refractivity contribution in [2.24, 2.45) is 0 Å². The second-order valence-corrected chi connectivity index (χ2v) is 4.30. The van der Waals surface area contributed by atoms with E-state index in [0.29, 0.717) is 12.1 Å². The third-order valence-corrected chi connectivity index (χ3v) is 3.02. The van der Waals surface area contributed by atoms with Gasteiger partial charge in [0.1, 0.15) is 0 Å². The number of likely N-dealkylation sites (tertiary alicyclic amines) is 1. The molecule has 1 aliphatic carbocycles. The Kier molecular flexibility index (Phi) is 2.91. The maximum Gasteiger partial charge on any atom is 0.317 e. The first-order valence-corrected chi connectivity index (χ1v) is 5.52. The van der Waals surface area contributed by atoms with Gasteiger partial charge in [-0.1, -0.05) is 0 Å². The molecular formula is C10H19N3O. The monoisotopic (exact) mass is 197 g/mol. The number of carbonyl (C=O) groups excluding carboxylic acids is 1. The zero-order valence-corrected chi connectivity index (χ0v) is 8.75. The van der Waals surface area contributed by atoms with E-state index < -0.39 is 0 Å². The number of hydrogen-bond donors (Lipinski definition) is 2. The van der Waals surface area contributed by atoms with Crippen molar-refractivity contribution in [3.63, 3.8) is 0 Å². The lowest BCUT2D eigenvalue weighted by Crippen LogP contribution is -2.50. The Bertz CT molecular complexity index is 215. The van der Waals surface area contributed by atoms with Gasteiger partial charge in [-0.15, -0.1) is 0 Å². The highest BCUT2D eigenvalue weighted by atomic mass is 16.2. The first-order chi connectivity index (χ1) is 6.79. The minimum Gasteiger partial charge on any atom is -0.335 e. The van der Waals surface area contributed by atoms with Gasteiger partial charge in [0, 0.05) is 25.2 Å². The SMILES string of the molecule is CN[C@H]1CCCN(C(=O)NC2CC2)C1.